The van der Waals surface area contributed by atoms with Crippen molar-refractivity contribution >= 4 is 27.3 Å². The van der Waals surface area contributed by atoms with Crippen LogP contribution in [0.2, 0.25) is 0 Å². The van der Waals surface area contributed by atoms with E-state index in [1.807, 2.05) is 11.4 Å². The highest BCUT2D eigenvalue weighted by Gasteiger charge is 1.93. The summed E-state index contributed by atoms with van der Waals surface area (Å²) >= 11 is 4.74. The summed E-state index contributed by atoms with van der Waals surface area (Å²) in [5.74, 6) is 5.85. The summed E-state index contributed by atoms with van der Waals surface area (Å²) in [5, 5.41) is 11.4. The lowest BCUT2D eigenvalue weighted by Crippen LogP contribution is -1.72. The Bertz CT molecular complexity index is 282. The zero-order valence-electron chi connectivity index (χ0n) is 5.80. The Morgan fingerprint density at radius 1 is 1.64 bits per heavy atom. The van der Waals surface area contributed by atoms with Crippen LogP contribution in [0.3, 0.4) is 0 Å². The lowest BCUT2D eigenvalue weighted by Gasteiger charge is -1.80. The quantitative estimate of drug-likeness (QED) is 0.578. The number of halogens is 1. The molecule has 1 aromatic rings. The van der Waals surface area contributed by atoms with Crippen molar-refractivity contribution in [2.75, 3.05) is 5.33 Å². The zero-order valence-corrected chi connectivity index (χ0v) is 8.20. The van der Waals surface area contributed by atoms with Crippen molar-refractivity contribution in [1.29, 1.82) is 0 Å². The maximum atomic E-state index is 8.73. The Morgan fingerprint density at radius 2 is 2.45 bits per heavy atom. The first kappa shape index (κ1) is 8.79. The standard InChI is InChI=1S/C8H7BrOS/c9-3-1-2-7-4-8(5-10)11-6-7/h4,6,10H,3,5H2. The average molecular weight is 231 g/mol. The summed E-state index contributed by atoms with van der Waals surface area (Å²) in [7, 11) is 0. The Balaban J connectivity index is 2.72. The van der Waals surface area contributed by atoms with Gasteiger partial charge in [-0.05, 0) is 6.07 Å². The van der Waals surface area contributed by atoms with Gasteiger partial charge in [0.05, 0.1) is 11.9 Å². The van der Waals surface area contributed by atoms with Crippen molar-refractivity contribution in [3.05, 3.63) is 21.9 Å². The molecule has 1 nitrogen and oxygen atoms in total. The maximum Gasteiger partial charge on any atom is 0.0774 e. The van der Waals surface area contributed by atoms with Gasteiger partial charge in [-0.3, -0.25) is 0 Å². The van der Waals surface area contributed by atoms with Crippen LogP contribution in [0.1, 0.15) is 10.4 Å². The molecule has 0 bridgehead atoms. The minimum Gasteiger partial charge on any atom is -0.391 e. The van der Waals surface area contributed by atoms with E-state index in [9.17, 15) is 0 Å². The SMILES string of the molecule is OCc1cc(C#CCBr)cs1. The molecule has 0 aliphatic heterocycles. The highest BCUT2D eigenvalue weighted by Crippen LogP contribution is 2.12. The molecule has 0 aliphatic carbocycles. The Labute approximate surface area is 78.2 Å². The fourth-order valence-corrected chi connectivity index (χ4v) is 1.48. The van der Waals surface area contributed by atoms with Crippen LogP contribution in [0.5, 0.6) is 0 Å². The van der Waals surface area contributed by atoms with E-state index in [0.717, 1.165) is 10.4 Å². The number of aliphatic hydroxyl groups is 1. The Hall–Kier alpha value is -0.300. The molecule has 0 amide bonds. The fraction of sp³-hybridized carbons (Fsp3) is 0.250. The fourth-order valence-electron chi connectivity index (χ4n) is 0.665. The molecule has 58 valence electrons. The second-order valence-corrected chi connectivity index (χ2v) is 3.45. The van der Waals surface area contributed by atoms with Crippen LogP contribution in [0, 0.1) is 11.8 Å². The number of thiophene rings is 1. The maximum absolute atomic E-state index is 8.73. The van der Waals surface area contributed by atoms with E-state index in [-0.39, 0.29) is 6.61 Å². The number of rotatable bonds is 1. The molecule has 0 aromatic carbocycles. The van der Waals surface area contributed by atoms with E-state index in [0.29, 0.717) is 5.33 Å². The third-order valence-corrected chi connectivity index (χ3v) is 2.31. The van der Waals surface area contributed by atoms with Gasteiger partial charge in [-0.15, -0.1) is 11.3 Å². The van der Waals surface area contributed by atoms with E-state index < -0.39 is 0 Å². The molecule has 11 heavy (non-hydrogen) atoms. The summed E-state index contributed by atoms with van der Waals surface area (Å²) in [6, 6.07) is 1.90. The van der Waals surface area contributed by atoms with Gasteiger partial charge in [0.15, 0.2) is 0 Å². The van der Waals surface area contributed by atoms with E-state index in [2.05, 4.69) is 27.8 Å². The van der Waals surface area contributed by atoms with E-state index in [1.165, 1.54) is 11.3 Å². The average Bonchev–Trinajstić information content (AvgIpc) is 2.48. The van der Waals surface area contributed by atoms with Gasteiger partial charge in [-0.25, -0.2) is 0 Å². The monoisotopic (exact) mass is 230 g/mol. The minimum atomic E-state index is 0.112. The van der Waals surface area contributed by atoms with Gasteiger partial charge in [-0.2, -0.15) is 0 Å². The predicted octanol–water partition coefficient (Wildman–Crippen LogP) is 1.99. The van der Waals surface area contributed by atoms with Gasteiger partial charge in [0.1, 0.15) is 0 Å². The number of alkyl halides is 1. The van der Waals surface area contributed by atoms with Gasteiger partial charge in [-0.1, -0.05) is 27.8 Å². The van der Waals surface area contributed by atoms with Gasteiger partial charge < -0.3 is 5.11 Å². The minimum absolute atomic E-state index is 0.112. The molecule has 1 rings (SSSR count). The van der Waals surface area contributed by atoms with Crippen molar-refractivity contribution in [2.24, 2.45) is 0 Å². The first-order chi connectivity index (χ1) is 5.36. The van der Waals surface area contributed by atoms with Crippen LogP contribution in [0.4, 0.5) is 0 Å². The van der Waals surface area contributed by atoms with Crippen LogP contribution in [0.25, 0.3) is 0 Å². The molecule has 0 atom stereocenters. The molecule has 0 radical (unpaired) electrons. The summed E-state index contributed by atoms with van der Waals surface area (Å²) in [6.07, 6.45) is 0. The zero-order chi connectivity index (χ0) is 8.10. The smallest absolute Gasteiger partial charge is 0.0774 e. The Kier molecular flexibility index (Phi) is 3.64. The lowest BCUT2D eigenvalue weighted by atomic mass is 10.3. The molecule has 0 aliphatic rings. The molecule has 0 fully saturated rings. The van der Waals surface area contributed by atoms with Crippen molar-refractivity contribution in [1.82, 2.24) is 0 Å². The topological polar surface area (TPSA) is 20.2 Å². The largest absolute Gasteiger partial charge is 0.391 e. The molecule has 0 saturated carbocycles. The number of aliphatic hydroxyl groups excluding tert-OH is 1. The molecule has 1 aromatic heterocycles. The molecule has 1 N–H and O–H groups in total. The van der Waals surface area contributed by atoms with Gasteiger partial charge >= 0.3 is 0 Å². The van der Waals surface area contributed by atoms with E-state index in [4.69, 9.17) is 5.11 Å². The third kappa shape index (κ3) is 2.66. The summed E-state index contributed by atoms with van der Waals surface area (Å²) in [6.45, 7) is 0.112. The highest BCUT2D eigenvalue weighted by molar-refractivity contribution is 9.09. The lowest BCUT2D eigenvalue weighted by molar-refractivity contribution is 0.285. The van der Waals surface area contributed by atoms with Gasteiger partial charge in [0.25, 0.3) is 0 Å². The molecule has 0 unspecified atom stereocenters. The van der Waals surface area contributed by atoms with Crippen LogP contribution < -0.4 is 0 Å². The van der Waals surface area contributed by atoms with Crippen LogP contribution in [-0.4, -0.2) is 10.4 Å². The van der Waals surface area contributed by atoms with E-state index in [1.54, 1.807) is 0 Å². The Morgan fingerprint density at radius 3 is 3.00 bits per heavy atom. The molecule has 3 heteroatoms. The second kappa shape index (κ2) is 4.55. The summed E-state index contributed by atoms with van der Waals surface area (Å²) in [4.78, 5) is 0.962. The third-order valence-electron chi connectivity index (χ3n) is 1.11. The van der Waals surface area contributed by atoms with Crippen LogP contribution in [0.15, 0.2) is 11.4 Å². The highest BCUT2D eigenvalue weighted by atomic mass is 79.9. The van der Waals surface area contributed by atoms with Gasteiger partial charge in [0.2, 0.25) is 0 Å². The molecular weight excluding hydrogens is 224 g/mol. The number of hydrogen-bond acceptors (Lipinski definition) is 2. The van der Waals surface area contributed by atoms with Crippen molar-refractivity contribution in [2.45, 2.75) is 6.61 Å². The first-order valence-electron chi connectivity index (χ1n) is 3.10. The van der Waals surface area contributed by atoms with Crippen LogP contribution in [-0.2, 0) is 6.61 Å². The van der Waals surface area contributed by atoms with Crippen molar-refractivity contribution in [3.8, 4) is 11.8 Å². The summed E-state index contributed by atoms with van der Waals surface area (Å²) < 4.78 is 0. The van der Waals surface area contributed by atoms with Gasteiger partial charge in [0, 0.05) is 15.8 Å². The predicted molar refractivity (Wildman–Crippen MR) is 50.9 cm³/mol. The summed E-state index contributed by atoms with van der Waals surface area (Å²) in [5.41, 5.74) is 0.985. The normalized spacial score (nSPS) is 8.91. The second-order valence-electron chi connectivity index (χ2n) is 1.90. The van der Waals surface area contributed by atoms with Crippen LogP contribution >= 0.6 is 27.3 Å². The molecule has 1 heterocycles. The molecule has 0 saturated heterocycles. The molecule has 0 spiro atoms. The number of hydrogen-bond donors (Lipinski definition) is 1. The van der Waals surface area contributed by atoms with Crippen molar-refractivity contribution in [3.63, 3.8) is 0 Å². The first-order valence-corrected chi connectivity index (χ1v) is 5.10. The van der Waals surface area contributed by atoms with Crippen molar-refractivity contribution < 1.29 is 5.11 Å². The van der Waals surface area contributed by atoms with E-state index >= 15 is 0 Å². The molecular formula is C8H7BrOS.